The lowest BCUT2D eigenvalue weighted by Gasteiger charge is -2.22. The zero-order chi connectivity index (χ0) is 21.1. The van der Waals surface area contributed by atoms with Gasteiger partial charge in [-0.25, -0.2) is 0 Å². The number of amides is 2. The summed E-state index contributed by atoms with van der Waals surface area (Å²) in [6.07, 6.45) is 0.173. The van der Waals surface area contributed by atoms with Crippen LogP contribution in [0.15, 0.2) is 36.4 Å². The molecule has 2 aliphatic rings. The minimum absolute atomic E-state index is 0.0852. The molecule has 1 saturated heterocycles. The first-order valence-electron chi connectivity index (χ1n) is 9.77. The van der Waals surface area contributed by atoms with E-state index in [4.69, 9.17) is 18.9 Å². The van der Waals surface area contributed by atoms with Gasteiger partial charge in [-0.15, -0.1) is 0 Å². The molecule has 0 unspecified atom stereocenters. The second-order valence-corrected chi connectivity index (χ2v) is 7.14. The lowest BCUT2D eigenvalue weighted by Crippen LogP contribution is -2.32. The standard InChI is InChI=1S/C22H24N2O6/c1-27-17-5-3-14(9-19(17)28-2)12-23-22(26)15-10-21(25)24(13-15)16-4-6-18-20(11-16)30-8-7-29-18/h3-6,9,11,15H,7-8,10,12-13H2,1-2H3,(H,23,26)/t15-/m0/s1. The Bertz CT molecular complexity index is 961. The fourth-order valence-electron chi connectivity index (χ4n) is 3.66. The molecule has 4 rings (SSSR count). The second-order valence-electron chi connectivity index (χ2n) is 7.14. The Morgan fingerprint density at radius 1 is 1.07 bits per heavy atom. The quantitative estimate of drug-likeness (QED) is 0.783. The van der Waals surface area contributed by atoms with Crippen LogP contribution in [0.25, 0.3) is 0 Å². The van der Waals surface area contributed by atoms with Crippen LogP contribution in [0, 0.1) is 5.92 Å². The lowest BCUT2D eigenvalue weighted by molar-refractivity contribution is -0.126. The van der Waals surface area contributed by atoms with Gasteiger partial charge in [0.1, 0.15) is 13.2 Å². The van der Waals surface area contributed by atoms with Crippen LogP contribution in [-0.4, -0.2) is 45.8 Å². The molecule has 0 spiro atoms. The van der Waals surface area contributed by atoms with Crippen molar-refractivity contribution in [2.75, 3.05) is 38.9 Å². The third-order valence-corrected chi connectivity index (χ3v) is 5.25. The molecule has 2 heterocycles. The second kappa shape index (κ2) is 8.52. The van der Waals surface area contributed by atoms with Gasteiger partial charge in [0.25, 0.3) is 0 Å². The van der Waals surface area contributed by atoms with E-state index >= 15 is 0 Å². The molecule has 158 valence electrons. The highest BCUT2D eigenvalue weighted by molar-refractivity contribution is 6.00. The molecule has 0 saturated carbocycles. The van der Waals surface area contributed by atoms with Gasteiger partial charge in [0, 0.05) is 31.3 Å². The van der Waals surface area contributed by atoms with Gasteiger partial charge < -0.3 is 29.2 Å². The van der Waals surface area contributed by atoms with E-state index in [1.165, 1.54) is 0 Å². The predicted molar refractivity (Wildman–Crippen MR) is 109 cm³/mol. The average Bonchev–Trinajstić information content (AvgIpc) is 3.18. The first-order chi connectivity index (χ1) is 14.6. The summed E-state index contributed by atoms with van der Waals surface area (Å²) in [4.78, 5) is 26.8. The number of methoxy groups -OCH3 is 2. The normalized spacial score (nSPS) is 17.6. The maximum absolute atomic E-state index is 12.7. The van der Waals surface area contributed by atoms with Crippen molar-refractivity contribution in [3.05, 3.63) is 42.0 Å². The van der Waals surface area contributed by atoms with Gasteiger partial charge in [-0.3, -0.25) is 9.59 Å². The summed E-state index contributed by atoms with van der Waals surface area (Å²) in [6.45, 7) is 1.66. The third-order valence-electron chi connectivity index (χ3n) is 5.25. The van der Waals surface area contributed by atoms with Gasteiger partial charge in [0.05, 0.1) is 20.1 Å². The Morgan fingerprint density at radius 3 is 2.60 bits per heavy atom. The van der Waals surface area contributed by atoms with Crippen molar-refractivity contribution >= 4 is 17.5 Å². The molecule has 8 heteroatoms. The summed E-state index contributed by atoms with van der Waals surface area (Å²) in [7, 11) is 3.14. The molecule has 0 bridgehead atoms. The number of anilines is 1. The van der Waals surface area contributed by atoms with E-state index in [9.17, 15) is 9.59 Å². The number of rotatable bonds is 6. The molecular formula is C22H24N2O6. The monoisotopic (exact) mass is 412 g/mol. The topological polar surface area (TPSA) is 86.3 Å². The molecule has 0 radical (unpaired) electrons. The number of ether oxygens (including phenoxy) is 4. The van der Waals surface area contributed by atoms with Crippen molar-refractivity contribution in [2.24, 2.45) is 5.92 Å². The molecule has 8 nitrogen and oxygen atoms in total. The van der Waals surface area contributed by atoms with E-state index < -0.39 is 5.92 Å². The number of nitrogens with zero attached hydrogens (tertiary/aromatic N) is 1. The maximum Gasteiger partial charge on any atom is 0.227 e. The van der Waals surface area contributed by atoms with Gasteiger partial charge >= 0.3 is 0 Å². The van der Waals surface area contributed by atoms with E-state index in [0.29, 0.717) is 55.0 Å². The van der Waals surface area contributed by atoms with Crippen LogP contribution >= 0.6 is 0 Å². The number of nitrogens with one attached hydrogen (secondary N) is 1. The molecule has 30 heavy (non-hydrogen) atoms. The first-order valence-corrected chi connectivity index (χ1v) is 9.77. The minimum Gasteiger partial charge on any atom is -0.493 e. The molecule has 0 aliphatic carbocycles. The number of benzene rings is 2. The largest absolute Gasteiger partial charge is 0.493 e. The van der Waals surface area contributed by atoms with Crippen LogP contribution in [0.1, 0.15) is 12.0 Å². The van der Waals surface area contributed by atoms with E-state index in [0.717, 1.165) is 5.56 Å². The number of hydrogen-bond donors (Lipinski definition) is 1. The first kappa shape index (κ1) is 19.9. The van der Waals surface area contributed by atoms with E-state index in [1.807, 2.05) is 18.2 Å². The van der Waals surface area contributed by atoms with Crippen molar-refractivity contribution < 1.29 is 28.5 Å². The smallest absolute Gasteiger partial charge is 0.227 e. The molecule has 0 aromatic heterocycles. The highest BCUT2D eigenvalue weighted by Gasteiger charge is 2.35. The fourth-order valence-corrected chi connectivity index (χ4v) is 3.66. The molecular weight excluding hydrogens is 388 g/mol. The van der Waals surface area contributed by atoms with Crippen LogP contribution in [0.5, 0.6) is 23.0 Å². The van der Waals surface area contributed by atoms with E-state index in [-0.39, 0.29) is 18.2 Å². The maximum atomic E-state index is 12.7. The Labute approximate surface area is 174 Å². The van der Waals surface area contributed by atoms with Crippen molar-refractivity contribution in [3.8, 4) is 23.0 Å². The summed E-state index contributed by atoms with van der Waals surface area (Å²) in [6, 6.07) is 10.9. The van der Waals surface area contributed by atoms with Gasteiger partial charge in [0.15, 0.2) is 23.0 Å². The van der Waals surface area contributed by atoms with Crippen molar-refractivity contribution in [2.45, 2.75) is 13.0 Å². The van der Waals surface area contributed by atoms with Gasteiger partial charge in [-0.2, -0.15) is 0 Å². The zero-order valence-corrected chi connectivity index (χ0v) is 17.0. The number of carbonyl (C=O) groups excluding carboxylic acids is 2. The van der Waals surface area contributed by atoms with Crippen LogP contribution in [-0.2, 0) is 16.1 Å². The summed E-state index contributed by atoms with van der Waals surface area (Å²) >= 11 is 0. The molecule has 2 aromatic rings. The highest BCUT2D eigenvalue weighted by Crippen LogP contribution is 2.36. The van der Waals surface area contributed by atoms with Crippen molar-refractivity contribution in [1.29, 1.82) is 0 Å². The Hall–Kier alpha value is -3.42. The highest BCUT2D eigenvalue weighted by atomic mass is 16.6. The van der Waals surface area contributed by atoms with E-state index in [1.54, 1.807) is 37.3 Å². The average molecular weight is 412 g/mol. The molecule has 2 amide bonds. The van der Waals surface area contributed by atoms with Crippen molar-refractivity contribution in [1.82, 2.24) is 5.32 Å². The summed E-state index contributed by atoms with van der Waals surface area (Å²) < 4.78 is 21.6. The minimum atomic E-state index is -0.411. The molecule has 2 aliphatic heterocycles. The van der Waals surface area contributed by atoms with Crippen LogP contribution < -0.4 is 29.2 Å². The number of hydrogen-bond acceptors (Lipinski definition) is 6. The van der Waals surface area contributed by atoms with Gasteiger partial charge in [-0.05, 0) is 29.8 Å². The molecule has 1 atom stereocenters. The Kier molecular flexibility index (Phi) is 5.65. The summed E-state index contributed by atoms with van der Waals surface area (Å²) in [5.74, 6) is 1.87. The van der Waals surface area contributed by atoms with Gasteiger partial charge in [0.2, 0.25) is 11.8 Å². The van der Waals surface area contributed by atoms with Crippen LogP contribution in [0.4, 0.5) is 5.69 Å². The number of carbonyl (C=O) groups is 2. The summed E-state index contributed by atoms with van der Waals surface area (Å²) in [5, 5.41) is 2.91. The Morgan fingerprint density at radius 2 is 1.83 bits per heavy atom. The third kappa shape index (κ3) is 3.98. The van der Waals surface area contributed by atoms with Crippen molar-refractivity contribution in [3.63, 3.8) is 0 Å². The number of fused-ring (bicyclic) bond motifs is 1. The predicted octanol–water partition coefficient (Wildman–Crippen LogP) is 2.14. The van der Waals surface area contributed by atoms with Gasteiger partial charge in [-0.1, -0.05) is 6.07 Å². The van der Waals surface area contributed by atoms with Crippen LogP contribution in [0.3, 0.4) is 0 Å². The fraction of sp³-hybridized carbons (Fsp3) is 0.364. The molecule has 2 aromatic carbocycles. The van der Waals surface area contributed by atoms with E-state index in [2.05, 4.69) is 5.32 Å². The zero-order valence-electron chi connectivity index (χ0n) is 17.0. The Balaban J connectivity index is 1.38. The lowest BCUT2D eigenvalue weighted by atomic mass is 10.1. The molecule has 1 fully saturated rings. The summed E-state index contributed by atoms with van der Waals surface area (Å²) in [5.41, 5.74) is 1.59. The molecule has 1 N–H and O–H groups in total. The van der Waals surface area contributed by atoms with Crippen LogP contribution in [0.2, 0.25) is 0 Å². The SMILES string of the molecule is COc1ccc(CNC(=O)[C@H]2CC(=O)N(c3ccc4c(c3)OCCO4)C2)cc1OC.